The molecule has 4 N–H and O–H groups in total. The first kappa shape index (κ1) is 12.2. The lowest BCUT2D eigenvalue weighted by Gasteiger charge is -2.19. The van der Waals surface area contributed by atoms with Crippen molar-refractivity contribution in [2.45, 2.75) is 25.4 Å². The molecule has 0 aliphatic heterocycles. The zero-order valence-electron chi connectivity index (χ0n) is 8.64. The Kier molecular flexibility index (Phi) is 4.74. The second-order valence-electron chi connectivity index (χ2n) is 3.47. The van der Waals surface area contributed by atoms with Crippen molar-refractivity contribution < 1.29 is 9.90 Å². The minimum absolute atomic E-state index is 0.0881. The van der Waals surface area contributed by atoms with Crippen LogP contribution in [0.15, 0.2) is 17.5 Å². The van der Waals surface area contributed by atoms with E-state index in [1.54, 1.807) is 11.3 Å². The molecule has 0 aliphatic carbocycles. The summed E-state index contributed by atoms with van der Waals surface area (Å²) >= 11 is 1.56. The minimum atomic E-state index is -0.801. The highest BCUT2D eigenvalue weighted by atomic mass is 32.1. The number of aliphatic carboxylic acids is 1. The Labute approximate surface area is 93.1 Å². The van der Waals surface area contributed by atoms with Crippen molar-refractivity contribution in [2.75, 3.05) is 6.54 Å². The summed E-state index contributed by atoms with van der Waals surface area (Å²) < 4.78 is 0. The van der Waals surface area contributed by atoms with E-state index in [9.17, 15) is 4.79 Å². The fourth-order valence-electron chi connectivity index (χ4n) is 1.32. The van der Waals surface area contributed by atoms with Crippen molar-refractivity contribution in [2.24, 2.45) is 5.73 Å². The van der Waals surface area contributed by atoms with Gasteiger partial charge in [-0.1, -0.05) is 6.07 Å². The molecule has 0 aliphatic rings. The zero-order chi connectivity index (χ0) is 11.3. The minimum Gasteiger partial charge on any atom is -0.481 e. The van der Waals surface area contributed by atoms with Crippen LogP contribution in [0.2, 0.25) is 0 Å². The van der Waals surface area contributed by atoms with Gasteiger partial charge in [0.2, 0.25) is 0 Å². The van der Waals surface area contributed by atoms with Gasteiger partial charge in [0.15, 0.2) is 0 Å². The highest BCUT2D eigenvalue weighted by Crippen LogP contribution is 2.22. The van der Waals surface area contributed by atoms with E-state index in [4.69, 9.17) is 10.8 Å². The molecule has 2 unspecified atom stereocenters. The Bertz CT molecular complexity index is 300. The molecule has 5 heteroatoms. The summed E-state index contributed by atoms with van der Waals surface area (Å²) in [7, 11) is 0. The number of nitrogens with one attached hydrogen (secondary N) is 1. The number of carboxylic acid groups (broad SMARTS) is 1. The van der Waals surface area contributed by atoms with Gasteiger partial charge in [0, 0.05) is 17.5 Å². The van der Waals surface area contributed by atoms with Gasteiger partial charge in [0.25, 0.3) is 0 Å². The van der Waals surface area contributed by atoms with Gasteiger partial charge in [-0.2, -0.15) is 0 Å². The van der Waals surface area contributed by atoms with Crippen LogP contribution in [0.3, 0.4) is 0 Å². The number of carboxylic acids is 1. The van der Waals surface area contributed by atoms with Crippen LogP contribution in [0.5, 0.6) is 0 Å². The molecule has 4 nitrogen and oxygen atoms in total. The topological polar surface area (TPSA) is 75.3 Å². The first-order valence-electron chi connectivity index (χ1n) is 4.84. The second-order valence-corrected chi connectivity index (χ2v) is 4.45. The largest absolute Gasteiger partial charge is 0.481 e. The van der Waals surface area contributed by atoms with Crippen molar-refractivity contribution in [3.8, 4) is 0 Å². The summed E-state index contributed by atoms with van der Waals surface area (Å²) in [6, 6.07) is 3.84. The van der Waals surface area contributed by atoms with E-state index in [-0.39, 0.29) is 18.5 Å². The van der Waals surface area contributed by atoms with Gasteiger partial charge in [0.1, 0.15) is 0 Å². The Morgan fingerprint density at radius 1 is 1.73 bits per heavy atom. The van der Waals surface area contributed by atoms with Gasteiger partial charge >= 0.3 is 5.97 Å². The van der Waals surface area contributed by atoms with Crippen LogP contribution < -0.4 is 11.1 Å². The molecule has 84 valence electrons. The number of nitrogens with two attached hydrogens (primary N) is 1. The molecule has 0 bridgehead atoms. The predicted octanol–water partition coefficient (Wildman–Crippen LogP) is 1.20. The van der Waals surface area contributed by atoms with E-state index in [2.05, 4.69) is 5.32 Å². The molecule has 1 heterocycles. The summed E-state index contributed by atoms with van der Waals surface area (Å²) in [6.45, 7) is 2.45. The van der Waals surface area contributed by atoms with Crippen molar-refractivity contribution in [1.82, 2.24) is 5.32 Å². The van der Waals surface area contributed by atoms with Crippen LogP contribution in [-0.2, 0) is 4.79 Å². The number of carbonyl (C=O) groups is 1. The van der Waals surface area contributed by atoms with Gasteiger partial charge in [-0.25, -0.2) is 0 Å². The van der Waals surface area contributed by atoms with E-state index in [1.165, 1.54) is 0 Å². The summed E-state index contributed by atoms with van der Waals surface area (Å²) in [6.07, 6.45) is 0.0881. The summed E-state index contributed by atoms with van der Waals surface area (Å²) in [5, 5.41) is 14.0. The number of rotatable bonds is 6. The lowest BCUT2D eigenvalue weighted by molar-refractivity contribution is -0.137. The molecule has 0 saturated heterocycles. The van der Waals surface area contributed by atoms with Crippen LogP contribution in [0.1, 0.15) is 24.3 Å². The molecule has 2 atom stereocenters. The monoisotopic (exact) mass is 228 g/mol. The maximum atomic E-state index is 10.7. The molecule has 0 saturated carbocycles. The van der Waals surface area contributed by atoms with E-state index in [0.29, 0.717) is 6.54 Å². The summed E-state index contributed by atoms with van der Waals surface area (Å²) in [5.41, 5.74) is 5.50. The van der Waals surface area contributed by atoms with Crippen molar-refractivity contribution >= 4 is 17.3 Å². The van der Waals surface area contributed by atoms with Crippen molar-refractivity contribution in [1.29, 1.82) is 0 Å². The van der Waals surface area contributed by atoms with Gasteiger partial charge < -0.3 is 16.2 Å². The average molecular weight is 228 g/mol. The lowest BCUT2D eigenvalue weighted by atomic mass is 10.1. The third kappa shape index (κ3) is 3.99. The van der Waals surface area contributed by atoms with Crippen LogP contribution in [0.4, 0.5) is 0 Å². The first-order chi connectivity index (χ1) is 7.13. The third-order valence-corrected chi connectivity index (χ3v) is 3.09. The molecule has 1 rings (SSSR count). The molecular weight excluding hydrogens is 212 g/mol. The van der Waals surface area contributed by atoms with E-state index < -0.39 is 5.97 Å². The second kappa shape index (κ2) is 5.85. The molecule has 15 heavy (non-hydrogen) atoms. The molecule has 0 spiro atoms. The normalized spacial score (nSPS) is 14.8. The molecule has 0 radical (unpaired) electrons. The van der Waals surface area contributed by atoms with Gasteiger partial charge in [-0.05, 0) is 18.4 Å². The highest BCUT2D eigenvalue weighted by molar-refractivity contribution is 7.10. The standard InChI is InChI=1S/C10H16N2O2S/c1-7(6-11)12-8(5-10(13)14)9-3-2-4-15-9/h2-4,7-8,12H,5-6,11H2,1H3,(H,13,14). The van der Waals surface area contributed by atoms with Crippen molar-refractivity contribution in [3.63, 3.8) is 0 Å². The first-order valence-corrected chi connectivity index (χ1v) is 5.72. The number of hydrogen-bond donors (Lipinski definition) is 3. The van der Waals surface area contributed by atoms with E-state index in [0.717, 1.165) is 4.88 Å². The van der Waals surface area contributed by atoms with Gasteiger partial charge in [0.05, 0.1) is 12.5 Å². The lowest BCUT2D eigenvalue weighted by Crippen LogP contribution is -2.36. The number of thiophene rings is 1. The average Bonchev–Trinajstić information content (AvgIpc) is 2.68. The maximum absolute atomic E-state index is 10.7. The molecule has 0 fully saturated rings. The van der Waals surface area contributed by atoms with Crippen molar-refractivity contribution in [3.05, 3.63) is 22.4 Å². The smallest absolute Gasteiger partial charge is 0.305 e. The van der Waals surface area contributed by atoms with Crippen LogP contribution in [-0.4, -0.2) is 23.7 Å². The Morgan fingerprint density at radius 2 is 2.47 bits per heavy atom. The number of hydrogen-bond acceptors (Lipinski definition) is 4. The summed E-state index contributed by atoms with van der Waals surface area (Å²) in [4.78, 5) is 11.7. The van der Waals surface area contributed by atoms with E-state index >= 15 is 0 Å². The zero-order valence-corrected chi connectivity index (χ0v) is 9.46. The summed E-state index contributed by atoms with van der Waals surface area (Å²) in [5.74, 6) is -0.801. The fourth-order valence-corrected chi connectivity index (χ4v) is 2.10. The third-order valence-electron chi connectivity index (χ3n) is 2.10. The van der Waals surface area contributed by atoms with Gasteiger partial charge in [-0.15, -0.1) is 11.3 Å². The Balaban J connectivity index is 2.65. The predicted molar refractivity (Wildman–Crippen MR) is 61.0 cm³/mol. The maximum Gasteiger partial charge on any atom is 0.305 e. The molecule has 0 amide bonds. The SMILES string of the molecule is CC(CN)NC(CC(=O)O)c1cccs1. The highest BCUT2D eigenvalue weighted by Gasteiger charge is 2.17. The van der Waals surface area contributed by atoms with E-state index in [1.807, 2.05) is 24.4 Å². The molecule has 0 aromatic carbocycles. The molecule has 1 aromatic rings. The molecular formula is C10H16N2O2S. The Hall–Kier alpha value is -0.910. The fraction of sp³-hybridized carbons (Fsp3) is 0.500. The van der Waals surface area contributed by atoms with Crippen LogP contribution in [0, 0.1) is 0 Å². The van der Waals surface area contributed by atoms with Gasteiger partial charge in [-0.3, -0.25) is 4.79 Å². The Morgan fingerprint density at radius 3 is 2.93 bits per heavy atom. The van der Waals surface area contributed by atoms with Crippen LogP contribution >= 0.6 is 11.3 Å². The molecule has 1 aromatic heterocycles. The quantitative estimate of drug-likeness (QED) is 0.684. The van der Waals surface area contributed by atoms with Crippen LogP contribution in [0.25, 0.3) is 0 Å².